The van der Waals surface area contributed by atoms with E-state index in [1.165, 1.54) is 76.4 Å². The summed E-state index contributed by atoms with van der Waals surface area (Å²) in [5.74, 6) is -0.856. The van der Waals surface area contributed by atoms with Gasteiger partial charge in [-0.1, -0.05) is 185 Å². The minimum Gasteiger partial charge on any atom is -0.462 e. The third-order valence-corrected chi connectivity index (χ3v) is 15.1. The van der Waals surface area contributed by atoms with Crippen molar-refractivity contribution < 1.29 is 81.6 Å². The van der Waals surface area contributed by atoms with Crippen LogP contribution in [0.15, 0.2) is 65.7 Å². The summed E-state index contributed by atoms with van der Waals surface area (Å²) in [5, 5.41) is 51.6. The summed E-state index contributed by atoms with van der Waals surface area (Å²) in [6.07, 6.45) is 25.4. The average Bonchev–Trinajstić information content (AvgIpc) is 3.64. The average molecular weight is 1120 g/mol. The van der Waals surface area contributed by atoms with Gasteiger partial charge >= 0.3 is 33.3 Å². The third-order valence-electron chi connectivity index (χ3n) is 12.5. The molecule has 2 unspecified atom stereocenters. The maximum atomic E-state index is 12.9. The van der Waals surface area contributed by atoms with Crippen LogP contribution in [0.25, 0.3) is 0 Å². The number of allylic oxidation sites excluding steroid dienone is 6. The van der Waals surface area contributed by atoms with Crippen molar-refractivity contribution in [2.75, 3.05) is 25.6 Å². The van der Waals surface area contributed by atoms with Crippen LogP contribution < -0.4 is 11.4 Å². The molecule has 76 heavy (non-hydrogen) atoms. The van der Waals surface area contributed by atoms with Gasteiger partial charge in [0.15, 0.2) is 12.3 Å². The highest BCUT2D eigenvalue weighted by Gasteiger charge is 2.46. The number of aliphatic hydroxyl groups excluding tert-OH is 5. The topological polar surface area (TPSA) is 326 Å². The summed E-state index contributed by atoms with van der Waals surface area (Å²) in [6, 6.07) is 1.23. The SMILES string of the molecule is CCCCC[C@@H](O)/C=C/C=C\C=C\C=C\[C@@H](O)[C@H](O)CCCC(=O)OC[C@H](COP(=O)(O)OP(=O)(O)OC[C@H]1O[C@@H](n2ccc(N)nc2=O)[C@H](O)[C@@H]1O)OC(=O)CCCCCCCCCCCCCCCCCC(C)C. The van der Waals surface area contributed by atoms with Crippen molar-refractivity contribution >= 4 is 33.4 Å². The number of unbranched alkanes of at least 4 members (excludes halogenated alkanes) is 16. The molecule has 1 aromatic heterocycles. The molecule has 2 heterocycles. The van der Waals surface area contributed by atoms with Gasteiger partial charge in [-0.3, -0.25) is 23.2 Å². The van der Waals surface area contributed by atoms with Crippen LogP contribution in [0, 0.1) is 5.92 Å². The van der Waals surface area contributed by atoms with Crippen LogP contribution in [0.3, 0.4) is 0 Å². The van der Waals surface area contributed by atoms with Gasteiger partial charge in [-0.25, -0.2) is 13.9 Å². The molecule has 2 rings (SSSR count). The van der Waals surface area contributed by atoms with E-state index in [0.717, 1.165) is 68.0 Å². The Morgan fingerprint density at radius 2 is 1.25 bits per heavy atom. The van der Waals surface area contributed by atoms with Crippen LogP contribution in [0.1, 0.15) is 181 Å². The summed E-state index contributed by atoms with van der Waals surface area (Å²) >= 11 is 0. The number of carbonyl (C=O) groups is 2. The number of nitrogen functional groups attached to an aromatic ring is 1. The van der Waals surface area contributed by atoms with Crippen LogP contribution in [0.5, 0.6) is 0 Å². The second kappa shape index (κ2) is 39.9. The van der Waals surface area contributed by atoms with Crippen molar-refractivity contribution in [3.05, 3.63) is 71.4 Å². The molecular weight excluding hydrogens is 1030 g/mol. The molecule has 10 atom stereocenters. The lowest BCUT2D eigenvalue weighted by Gasteiger charge is -2.21. The van der Waals surface area contributed by atoms with Crippen molar-refractivity contribution in [2.24, 2.45) is 5.92 Å². The van der Waals surface area contributed by atoms with Crippen LogP contribution in [-0.2, 0) is 46.3 Å². The zero-order chi connectivity index (χ0) is 56.2. The second-order valence-corrected chi connectivity index (χ2v) is 22.8. The Balaban J connectivity index is 1.86. The molecule has 0 spiro atoms. The Hall–Kier alpha value is -3.40. The fourth-order valence-corrected chi connectivity index (χ4v) is 10.2. The Morgan fingerprint density at radius 3 is 1.84 bits per heavy atom. The van der Waals surface area contributed by atoms with Gasteiger partial charge in [0.1, 0.15) is 30.7 Å². The highest BCUT2D eigenvalue weighted by Crippen LogP contribution is 2.60. The van der Waals surface area contributed by atoms with Gasteiger partial charge in [0.2, 0.25) is 0 Å². The fourth-order valence-electron chi connectivity index (χ4n) is 8.06. The van der Waals surface area contributed by atoms with E-state index in [0.29, 0.717) is 12.8 Å². The maximum Gasteiger partial charge on any atom is 0.481 e. The molecule has 9 N–H and O–H groups in total. The van der Waals surface area contributed by atoms with E-state index >= 15 is 0 Å². The van der Waals surface area contributed by atoms with Crippen molar-refractivity contribution in [1.29, 1.82) is 0 Å². The largest absolute Gasteiger partial charge is 0.481 e. The van der Waals surface area contributed by atoms with Gasteiger partial charge in [-0.2, -0.15) is 9.29 Å². The number of nitrogens with zero attached hydrogens (tertiary/aromatic N) is 2. The van der Waals surface area contributed by atoms with E-state index in [-0.39, 0.29) is 31.5 Å². The van der Waals surface area contributed by atoms with Crippen molar-refractivity contribution in [3.63, 3.8) is 0 Å². The minimum atomic E-state index is -5.50. The Labute approximate surface area is 449 Å². The highest BCUT2D eigenvalue weighted by atomic mass is 31.3. The number of esters is 2. The lowest BCUT2D eigenvalue weighted by molar-refractivity contribution is -0.161. The quantitative estimate of drug-likeness (QED) is 0.0131. The Morgan fingerprint density at radius 1 is 0.711 bits per heavy atom. The number of carbonyl (C=O) groups excluding carboxylic acids is 2. The zero-order valence-corrected chi connectivity index (χ0v) is 46.8. The molecule has 21 nitrogen and oxygen atoms in total. The molecule has 1 aliphatic rings. The predicted molar refractivity (Wildman–Crippen MR) is 288 cm³/mol. The molecule has 436 valence electrons. The minimum absolute atomic E-state index is 0.0114. The molecule has 23 heteroatoms. The van der Waals surface area contributed by atoms with Crippen LogP contribution in [-0.4, -0.2) is 119 Å². The Bertz CT molecular complexity index is 2030. The summed E-state index contributed by atoms with van der Waals surface area (Å²) < 4.78 is 56.6. The molecule has 1 fully saturated rings. The number of hydrogen-bond donors (Lipinski definition) is 8. The standard InChI is InChI=1S/C53H91N3O18P2/c1-4-5-23-30-42(57)31-25-20-17-18-21-26-32-44(58)45(59)33-28-35-48(60)69-38-43(72-49(61)34-27-22-16-14-12-10-8-6-7-9-11-13-15-19-24-29-41(2)3)39-70-75(65,66)74-76(67,68)71-40-46-50(62)51(63)52(73-46)56-37-36-47(54)55-53(56)64/h17-18,20-21,25-26,31-32,36-37,41-46,50-52,57-59,62-63H,4-16,19,22-24,27-30,33-35,38-40H2,1-3H3,(H,65,66)(H,67,68)(H2,54,55,64)/b20-17-,21-18+,31-25+,32-26+/t42-,43-,44-,45-,46-,50-,51-,52-/m1/s1. The van der Waals surface area contributed by atoms with Gasteiger partial charge in [-0.15, -0.1) is 0 Å². The molecule has 0 aromatic carbocycles. The molecule has 0 saturated carbocycles. The maximum absolute atomic E-state index is 12.9. The van der Waals surface area contributed by atoms with Gasteiger partial charge in [-0.05, 0) is 37.7 Å². The summed E-state index contributed by atoms with van der Waals surface area (Å²) in [5.41, 5.74) is 4.56. The van der Waals surface area contributed by atoms with Gasteiger partial charge in [0.05, 0.1) is 31.5 Å². The van der Waals surface area contributed by atoms with Crippen LogP contribution in [0.4, 0.5) is 5.82 Å². The van der Waals surface area contributed by atoms with Crippen LogP contribution >= 0.6 is 15.6 Å². The molecule has 0 bridgehead atoms. The molecule has 1 aliphatic heterocycles. The lowest BCUT2D eigenvalue weighted by atomic mass is 10.0. The van der Waals surface area contributed by atoms with E-state index in [4.69, 9.17) is 29.0 Å². The Kier molecular flexibility index (Phi) is 36.1. The van der Waals surface area contributed by atoms with E-state index in [2.05, 4.69) is 30.1 Å². The molecule has 0 radical (unpaired) electrons. The van der Waals surface area contributed by atoms with Gasteiger partial charge in [0, 0.05) is 19.0 Å². The van der Waals surface area contributed by atoms with E-state index in [1.807, 2.05) is 0 Å². The number of nitrogens with two attached hydrogens (primary N) is 1. The predicted octanol–water partition coefficient (Wildman–Crippen LogP) is 8.50. The summed E-state index contributed by atoms with van der Waals surface area (Å²) in [6.45, 7) is 4.05. The zero-order valence-electron chi connectivity index (χ0n) is 45.0. The van der Waals surface area contributed by atoms with E-state index < -0.39 is 102 Å². The number of aromatic nitrogens is 2. The normalized spacial score (nSPS) is 20.4. The fraction of sp³-hybridized carbons (Fsp3) is 0.736. The van der Waals surface area contributed by atoms with Gasteiger partial charge < -0.3 is 55.3 Å². The number of hydrogen-bond acceptors (Lipinski definition) is 18. The number of rotatable bonds is 44. The van der Waals surface area contributed by atoms with Crippen molar-refractivity contribution in [1.82, 2.24) is 9.55 Å². The molecule has 0 aliphatic carbocycles. The summed E-state index contributed by atoms with van der Waals surface area (Å²) in [4.78, 5) is 62.1. The first-order valence-corrected chi connectivity index (χ1v) is 30.3. The number of phosphoric acid groups is 2. The van der Waals surface area contributed by atoms with Gasteiger partial charge in [0.25, 0.3) is 0 Å². The first-order chi connectivity index (χ1) is 36.2. The number of phosphoric ester groups is 2. The summed E-state index contributed by atoms with van der Waals surface area (Å²) in [7, 11) is -11.0. The third kappa shape index (κ3) is 32.5. The second-order valence-electron chi connectivity index (χ2n) is 19.8. The van der Waals surface area contributed by atoms with Crippen molar-refractivity contribution in [2.45, 2.75) is 224 Å². The van der Waals surface area contributed by atoms with E-state index in [1.54, 1.807) is 42.5 Å². The van der Waals surface area contributed by atoms with E-state index in [9.17, 15) is 58.8 Å². The molecule has 1 aromatic rings. The van der Waals surface area contributed by atoms with Crippen LogP contribution in [0.2, 0.25) is 0 Å². The first-order valence-electron chi connectivity index (χ1n) is 27.3. The first kappa shape index (κ1) is 68.7. The molecule has 1 saturated heterocycles. The number of aliphatic hydroxyl groups is 5. The number of anilines is 1. The number of ether oxygens (including phenoxy) is 3. The lowest BCUT2D eigenvalue weighted by Crippen LogP contribution is -2.36. The highest BCUT2D eigenvalue weighted by molar-refractivity contribution is 7.61. The van der Waals surface area contributed by atoms with Crippen molar-refractivity contribution in [3.8, 4) is 0 Å². The molecular formula is C53H91N3O18P2. The monoisotopic (exact) mass is 1120 g/mol. The molecule has 0 amide bonds. The smallest absolute Gasteiger partial charge is 0.462 e.